The number of carbonyl (C=O) groups excluding carboxylic acids is 1. The Kier molecular flexibility index (Phi) is 5.01. The summed E-state index contributed by atoms with van der Waals surface area (Å²) in [5.74, 6) is -1.75. The first-order valence-corrected chi connectivity index (χ1v) is 7.43. The van der Waals surface area contributed by atoms with Crippen LogP contribution in [0.1, 0.15) is 31.1 Å². The summed E-state index contributed by atoms with van der Waals surface area (Å²) in [7, 11) is 1.65. The lowest BCUT2D eigenvalue weighted by Crippen LogP contribution is -2.60. The molecule has 0 saturated heterocycles. The Hall–Kier alpha value is -2.40. The fourth-order valence-corrected chi connectivity index (χ4v) is 3.13. The number of ketones is 1. The van der Waals surface area contributed by atoms with Crippen molar-refractivity contribution in [3.8, 4) is 0 Å². The first-order valence-electron chi connectivity index (χ1n) is 7.43. The van der Waals surface area contributed by atoms with Crippen LogP contribution in [0.2, 0.25) is 0 Å². The number of aliphatic carboxylic acids is 1. The zero-order chi connectivity index (χ0) is 17.0. The number of carbonyl (C=O) groups is 2. The topological polar surface area (TPSA) is 70.8 Å². The van der Waals surface area contributed by atoms with Crippen molar-refractivity contribution in [3.05, 3.63) is 60.1 Å². The molecule has 0 radical (unpaired) electrons. The molecule has 122 valence electrons. The maximum Gasteiger partial charge on any atom is 0.332 e. The fraction of sp³-hybridized carbons (Fsp3) is 0.333. The van der Waals surface area contributed by atoms with Crippen molar-refractivity contribution < 1.29 is 19.1 Å². The van der Waals surface area contributed by atoms with Crippen molar-refractivity contribution in [3.63, 3.8) is 0 Å². The molecular formula is C18H21NO4. The summed E-state index contributed by atoms with van der Waals surface area (Å²) in [6.45, 7) is 3.36. The number of Topliss-reactive ketones (excluding diaryl/α,β-unsaturated/α-hetero) is 1. The van der Waals surface area contributed by atoms with E-state index in [0.717, 1.165) is 5.56 Å². The first kappa shape index (κ1) is 17.0. The van der Waals surface area contributed by atoms with E-state index >= 15 is 0 Å². The maximum atomic E-state index is 12.4. The molecule has 0 spiro atoms. The van der Waals surface area contributed by atoms with Gasteiger partial charge < -0.3 is 9.52 Å². The standard InChI is InChI=1S/C18H21NO4/c1-13(16-10-7-11-23-16)18(14(2)20,17(21)22)19(3)12-15-8-5-4-6-9-15/h4-11,13H,12H2,1-3H3,(H,21,22). The molecule has 2 rings (SSSR count). The molecule has 2 unspecified atom stereocenters. The van der Waals surface area contributed by atoms with Crippen LogP contribution in [0, 0.1) is 0 Å². The monoisotopic (exact) mass is 315 g/mol. The number of nitrogens with zero attached hydrogens (tertiary/aromatic N) is 1. The van der Waals surface area contributed by atoms with E-state index in [1.54, 1.807) is 31.0 Å². The van der Waals surface area contributed by atoms with Gasteiger partial charge in [-0.2, -0.15) is 0 Å². The number of likely N-dealkylation sites (N-methyl/N-ethyl adjacent to an activating group) is 1. The Bertz CT molecular complexity index is 650. The Morgan fingerprint density at radius 3 is 2.35 bits per heavy atom. The minimum atomic E-state index is -1.69. The Balaban J connectivity index is 2.44. The van der Waals surface area contributed by atoms with Crippen molar-refractivity contribution >= 4 is 11.8 Å². The summed E-state index contributed by atoms with van der Waals surface area (Å²) in [6.07, 6.45) is 1.48. The van der Waals surface area contributed by atoms with Gasteiger partial charge in [0.15, 0.2) is 11.3 Å². The minimum Gasteiger partial charge on any atom is -0.480 e. The second-order valence-corrected chi connectivity index (χ2v) is 5.71. The van der Waals surface area contributed by atoms with Crippen LogP contribution in [0.25, 0.3) is 0 Å². The highest BCUT2D eigenvalue weighted by molar-refractivity contribution is 6.07. The van der Waals surface area contributed by atoms with Gasteiger partial charge in [0.2, 0.25) is 0 Å². The third-order valence-electron chi connectivity index (χ3n) is 4.32. The quantitative estimate of drug-likeness (QED) is 0.796. The van der Waals surface area contributed by atoms with Gasteiger partial charge in [-0.1, -0.05) is 37.3 Å². The maximum absolute atomic E-state index is 12.4. The van der Waals surface area contributed by atoms with Crippen LogP contribution in [0.3, 0.4) is 0 Å². The molecule has 0 amide bonds. The molecule has 1 heterocycles. The number of hydrogen-bond donors (Lipinski definition) is 1. The van der Waals surface area contributed by atoms with E-state index in [0.29, 0.717) is 12.3 Å². The summed E-state index contributed by atoms with van der Waals surface area (Å²) in [5, 5.41) is 9.91. The van der Waals surface area contributed by atoms with Crippen molar-refractivity contribution in [2.75, 3.05) is 7.05 Å². The average molecular weight is 315 g/mol. The molecular weight excluding hydrogens is 294 g/mol. The Morgan fingerprint density at radius 1 is 1.22 bits per heavy atom. The summed E-state index contributed by atoms with van der Waals surface area (Å²) in [4.78, 5) is 26.1. The summed E-state index contributed by atoms with van der Waals surface area (Å²) < 4.78 is 5.36. The van der Waals surface area contributed by atoms with Gasteiger partial charge in [0.25, 0.3) is 0 Å². The molecule has 1 aromatic carbocycles. The molecule has 2 atom stereocenters. The summed E-state index contributed by atoms with van der Waals surface area (Å²) in [5.41, 5.74) is -0.748. The predicted octanol–water partition coefficient (Wildman–Crippen LogP) is 2.93. The third-order valence-corrected chi connectivity index (χ3v) is 4.32. The van der Waals surface area contributed by atoms with Gasteiger partial charge in [0, 0.05) is 6.54 Å². The SMILES string of the molecule is CC(=O)C(C(=O)O)(C(C)c1ccco1)N(C)Cc1ccccc1. The second-order valence-electron chi connectivity index (χ2n) is 5.71. The van der Waals surface area contributed by atoms with Crippen LogP contribution in [0.4, 0.5) is 0 Å². The predicted molar refractivity (Wildman–Crippen MR) is 86.1 cm³/mol. The van der Waals surface area contributed by atoms with E-state index in [1.807, 2.05) is 30.3 Å². The van der Waals surface area contributed by atoms with Crippen LogP contribution in [0.5, 0.6) is 0 Å². The number of hydrogen-bond acceptors (Lipinski definition) is 4. The summed E-state index contributed by atoms with van der Waals surface area (Å²) >= 11 is 0. The van der Waals surface area contributed by atoms with Crippen molar-refractivity contribution in [2.24, 2.45) is 0 Å². The zero-order valence-electron chi connectivity index (χ0n) is 13.5. The van der Waals surface area contributed by atoms with Crippen LogP contribution in [0.15, 0.2) is 53.1 Å². The van der Waals surface area contributed by atoms with Gasteiger partial charge in [-0.15, -0.1) is 0 Å². The van der Waals surface area contributed by atoms with Crippen LogP contribution < -0.4 is 0 Å². The number of carboxylic acids is 1. The molecule has 0 aliphatic heterocycles. The molecule has 2 aromatic rings. The lowest BCUT2D eigenvalue weighted by Gasteiger charge is -2.39. The van der Waals surface area contributed by atoms with Crippen molar-refractivity contribution in [1.82, 2.24) is 4.90 Å². The fourth-order valence-electron chi connectivity index (χ4n) is 3.13. The van der Waals surface area contributed by atoms with E-state index in [4.69, 9.17) is 4.42 Å². The minimum absolute atomic E-state index is 0.345. The molecule has 1 N–H and O–H groups in total. The number of furan rings is 1. The van der Waals surface area contributed by atoms with Gasteiger partial charge in [-0.25, -0.2) is 4.79 Å². The second kappa shape index (κ2) is 6.79. The number of rotatable bonds is 7. The Morgan fingerprint density at radius 2 is 1.87 bits per heavy atom. The van der Waals surface area contributed by atoms with Crippen LogP contribution >= 0.6 is 0 Å². The van der Waals surface area contributed by atoms with Gasteiger partial charge in [-0.05, 0) is 31.7 Å². The molecule has 0 fully saturated rings. The molecule has 0 bridgehead atoms. The molecule has 23 heavy (non-hydrogen) atoms. The lowest BCUT2D eigenvalue weighted by molar-refractivity contribution is -0.158. The van der Waals surface area contributed by atoms with E-state index < -0.39 is 23.2 Å². The molecule has 5 heteroatoms. The molecule has 0 aliphatic rings. The number of benzene rings is 1. The average Bonchev–Trinajstić information content (AvgIpc) is 3.02. The molecule has 0 saturated carbocycles. The molecule has 1 aromatic heterocycles. The normalized spacial score (nSPS) is 15.1. The van der Waals surface area contributed by atoms with Crippen LogP contribution in [-0.4, -0.2) is 34.3 Å². The highest BCUT2D eigenvalue weighted by Crippen LogP contribution is 2.35. The van der Waals surface area contributed by atoms with Crippen molar-refractivity contribution in [2.45, 2.75) is 31.8 Å². The third kappa shape index (κ3) is 3.05. The largest absolute Gasteiger partial charge is 0.480 e. The van der Waals surface area contributed by atoms with Gasteiger partial charge >= 0.3 is 5.97 Å². The highest BCUT2D eigenvalue weighted by atomic mass is 16.4. The van der Waals surface area contributed by atoms with Crippen LogP contribution in [-0.2, 0) is 16.1 Å². The van der Waals surface area contributed by atoms with Gasteiger partial charge in [-0.3, -0.25) is 9.69 Å². The smallest absolute Gasteiger partial charge is 0.332 e. The summed E-state index contributed by atoms with van der Waals surface area (Å²) in [6, 6.07) is 12.9. The van der Waals surface area contributed by atoms with Crippen molar-refractivity contribution in [1.29, 1.82) is 0 Å². The highest BCUT2D eigenvalue weighted by Gasteiger charge is 2.53. The van der Waals surface area contributed by atoms with Gasteiger partial charge in [0.1, 0.15) is 5.76 Å². The van der Waals surface area contributed by atoms with E-state index in [1.165, 1.54) is 13.2 Å². The molecule has 0 aliphatic carbocycles. The molecule has 5 nitrogen and oxygen atoms in total. The first-order chi connectivity index (χ1) is 10.9. The van der Waals surface area contributed by atoms with E-state index in [2.05, 4.69) is 0 Å². The Labute approximate surface area is 135 Å². The number of carboxylic acid groups (broad SMARTS) is 1. The van der Waals surface area contributed by atoms with E-state index in [-0.39, 0.29) is 0 Å². The van der Waals surface area contributed by atoms with Gasteiger partial charge in [0.05, 0.1) is 12.2 Å². The zero-order valence-corrected chi connectivity index (χ0v) is 13.5. The van der Waals surface area contributed by atoms with E-state index in [9.17, 15) is 14.7 Å². The lowest BCUT2D eigenvalue weighted by atomic mass is 9.78.